The van der Waals surface area contributed by atoms with E-state index in [2.05, 4.69) is 15.8 Å². The van der Waals surface area contributed by atoms with Gasteiger partial charge in [0.05, 0.1) is 7.11 Å². The third kappa shape index (κ3) is 3.63. The summed E-state index contributed by atoms with van der Waals surface area (Å²) in [4.78, 5) is 24.4. The molecule has 1 aliphatic heterocycles. The van der Waals surface area contributed by atoms with E-state index < -0.39 is 6.04 Å². The van der Waals surface area contributed by atoms with E-state index in [0.717, 1.165) is 6.42 Å². The van der Waals surface area contributed by atoms with Crippen LogP contribution in [0.25, 0.3) is 0 Å². The van der Waals surface area contributed by atoms with Crippen LogP contribution in [0.1, 0.15) is 37.0 Å². The number of hydrogen-bond donors (Lipinski definition) is 2. The number of Topliss-reactive ketones (excluding diaryl/α,β-unsaturated/α-hetero) is 1. The van der Waals surface area contributed by atoms with Gasteiger partial charge in [-0.15, -0.1) is 0 Å². The first-order chi connectivity index (χ1) is 10.5. The third-order valence-corrected chi connectivity index (χ3v) is 3.68. The Morgan fingerprint density at radius 1 is 1.41 bits per heavy atom. The van der Waals surface area contributed by atoms with E-state index in [-0.39, 0.29) is 17.7 Å². The van der Waals surface area contributed by atoms with E-state index in [4.69, 9.17) is 4.74 Å². The van der Waals surface area contributed by atoms with Crippen molar-refractivity contribution in [1.29, 1.82) is 0 Å². The zero-order valence-electron chi connectivity index (χ0n) is 13.1. The minimum Gasteiger partial charge on any atom is -0.497 e. The largest absolute Gasteiger partial charge is 0.497 e. The summed E-state index contributed by atoms with van der Waals surface area (Å²) in [6, 6.07) is 6.46. The van der Waals surface area contributed by atoms with Crippen molar-refractivity contribution in [2.45, 2.75) is 38.8 Å². The van der Waals surface area contributed by atoms with E-state index in [0.29, 0.717) is 23.4 Å². The number of carbonyl (C=O) groups excluding carboxylic acids is 2. The maximum atomic E-state index is 12.3. The number of hydrazone groups is 1. The number of amides is 1. The van der Waals surface area contributed by atoms with Crippen molar-refractivity contribution in [1.82, 2.24) is 10.7 Å². The van der Waals surface area contributed by atoms with Crippen molar-refractivity contribution >= 4 is 17.4 Å². The summed E-state index contributed by atoms with van der Waals surface area (Å²) in [5.41, 5.74) is 3.64. The molecular formula is C16H21N3O3. The zero-order valence-corrected chi connectivity index (χ0v) is 13.1. The number of hydrogen-bond acceptors (Lipinski definition) is 5. The average molecular weight is 303 g/mol. The number of carbonyl (C=O) groups is 2. The zero-order chi connectivity index (χ0) is 16.1. The summed E-state index contributed by atoms with van der Waals surface area (Å²) in [6.45, 7) is 3.94. The second-order valence-corrected chi connectivity index (χ2v) is 5.32. The monoisotopic (exact) mass is 303 g/mol. The Morgan fingerprint density at radius 2 is 2.09 bits per heavy atom. The third-order valence-electron chi connectivity index (χ3n) is 3.68. The van der Waals surface area contributed by atoms with Crippen LogP contribution >= 0.6 is 0 Å². The van der Waals surface area contributed by atoms with Gasteiger partial charge in [0.25, 0.3) is 0 Å². The highest BCUT2D eigenvalue weighted by atomic mass is 16.5. The molecule has 0 radical (unpaired) electrons. The lowest BCUT2D eigenvalue weighted by Gasteiger charge is -2.15. The lowest BCUT2D eigenvalue weighted by Crippen LogP contribution is -2.44. The SMILES string of the molecule is CCC(C)NC(=O)C1CC(C(=O)c2ccc(OC)cc2)=NN1. The van der Waals surface area contributed by atoms with Crippen LogP contribution in [-0.2, 0) is 4.79 Å². The molecule has 1 aromatic carbocycles. The summed E-state index contributed by atoms with van der Waals surface area (Å²) in [6.07, 6.45) is 1.16. The molecule has 6 heteroatoms. The fraction of sp³-hybridized carbons (Fsp3) is 0.438. The van der Waals surface area contributed by atoms with Crippen molar-refractivity contribution in [3.8, 4) is 5.75 Å². The summed E-state index contributed by atoms with van der Waals surface area (Å²) in [7, 11) is 1.57. The summed E-state index contributed by atoms with van der Waals surface area (Å²) >= 11 is 0. The molecule has 0 aromatic heterocycles. The maximum Gasteiger partial charge on any atom is 0.244 e. The highest BCUT2D eigenvalue weighted by molar-refractivity contribution is 6.46. The van der Waals surface area contributed by atoms with Crippen molar-refractivity contribution in [2.24, 2.45) is 5.10 Å². The molecular weight excluding hydrogens is 282 g/mol. The second kappa shape index (κ2) is 7.06. The number of ether oxygens (including phenoxy) is 1. The van der Waals surface area contributed by atoms with Crippen LogP contribution in [0.4, 0.5) is 0 Å². The van der Waals surface area contributed by atoms with Gasteiger partial charge < -0.3 is 10.1 Å². The Balaban J connectivity index is 1.96. The summed E-state index contributed by atoms with van der Waals surface area (Å²) in [5.74, 6) is 0.387. The molecule has 1 aromatic rings. The lowest BCUT2D eigenvalue weighted by molar-refractivity contribution is -0.123. The van der Waals surface area contributed by atoms with E-state index in [9.17, 15) is 9.59 Å². The molecule has 1 aliphatic rings. The number of nitrogens with one attached hydrogen (secondary N) is 2. The molecule has 0 fully saturated rings. The Hall–Kier alpha value is -2.37. The molecule has 2 unspecified atom stereocenters. The molecule has 0 spiro atoms. The molecule has 0 bridgehead atoms. The predicted octanol–water partition coefficient (Wildman–Crippen LogP) is 1.51. The number of rotatable bonds is 6. The van der Waals surface area contributed by atoms with E-state index >= 15 is 0 Å². The summed E-state index contributed by atoms with van der Waals surface area (Å²) < 4.78 is 5.06. The first kappa shape index (κ1) is 16.0. The Bertz CT molecular complexity index is 581. The first-order valence-corrected chi connectivity index (χ1v) is 7.36. The molecule has 2 rings (SSSR count). The Kier molecular flexibility index (Phi) is 5.14. The van der Waals surface area contributed by atoms with Gasteiger partial charge in [-0.25, -0.2) is 0 Å². The van der Waals surface area contributed by atoms with E-state index in [1.54, 1.807) is 31.4 Å². The second-order valence-electron chi connectivity index (χ2n) is 5.32. The van der Waals surface area contributed by atoms with Gasteiger partial charge in [0.2, 0.25) is 11.7 Å². The highest BCUT2D eigenvalue weighted by Crippen LogP contribution is 2.15. The van der Waals surface area contributed by atoms with E-state index in [1.807, 2.05) is 13.8 Å². The number of methoxy groups -OCH3 is 1. The van der Waals surface area contributed by atoms with Gasteiger partial charge in [-0.1, -0.05) is 6.92 Å². The van der Waals surface area contributed by atoms with Crippen molar-refractivity contribution in [2.75, 3.05) is 7.11 Å². The number of nitrogens with zero attached hydrogens (tertiary/aromatic N) is 1. The molecule has 118 valence electrons. The molecule has 0 saturated carbocycles. The first-order valence-electron chi connectivity index (χ1n) is 7.36. The fourth-order valence-electron chi connectivity index (χ4n) is 2.09. The standard InChI is InChI=1S/C16H21N3O3/c1-4-10(2)17-16(21)14-9-13(18-19-14)15(20)11-5-7-12(22-3)8-6-11/h5-8,10,14,19H,4,9H2,1-3H3,(H,17,21). The Labute approximate surface area is 129 Å². The molecule has 22 heavy (non-hydrogen) atoms. The minimum absolute atomic E-state index is 0.107. The minimum atomic E-state index is -0.480. The van der Waals surface area contributed by atoms with Crippen LogP contribution in [0, 0.1) is 0 Å². The quantitative estimate of drug-likeness (QED) is 0.781. The molecule has 0 aliphatic carbocycles. The molecule has 2 atom stereocenters. The van der Waals surface area contributed by atoms with Gasteiger partial charge >= 0.3 is 0 Å². The topological polar surface area (TPSA) is 79.8 Å². The normalized spacial score (nSPS) is 18.1. The fourth-order valence-corrected chi connectivity index (χ4v) is 2.09. The molecule has 1 amide bonds. The van der Waals surface area contributed by atoms with Crippen LogP contribution in [0.3, 0.4) is 0 Å². The van der Waals surface area contributed by atoms with Gasteiger partial charge in [0.1, 0.15) is 17.5 Å². The smallest absolute Gasteiger partial charge is 0.244 e. The summed E-state index contributed by atoms with van der Waals surface area (Å²) in [5, 5.41) is 6.90. The highest BCUT2D eigenvalue weighted by Gasteiger charge is 2.29. The van der Waals surface area contributed by atoms with Gasteiger partial charge in [-0.05, 0) is 37.6 Å². The number of benzene rings is 1. The van der Waals surface area contributed by atoms with Gasteiger partial charge in [0.15, 0.2) is 0 Å². The molecule has 2 N–H and O–H groups in total. The van der Waals surface area contributed by atoms with Crippen LogP contribution in [-0.4, -0.2) is 36.6 Å². The molecule has 0 saturated heterocycles. The maximum absolute atomic E-state index is 12.3. The van der Waals surface area contributed by atoms with Crippen LogP contribution in [0.5, 0.6) is 5.75 Å². The van der Waals surface area contributed by atoms with Gasteiger partial charge in [-0.2, -0.15) is 5.10 Å². The van der Waals surface area contributed by atoms with Gasteiger partial charge in [-0.3, -0.25) is 15.0 Å². The average Bonchev–Trinajstić information content (AvgIpc) is 3.04. The lowest BCUT2D eigenvalue weighted by atomic mass is 10.0. The van der Waals surface area contributed by atoms with Crippen LogP contribution < -0.4 is 15.5 Å². The van der Waals surface area contributed by atoms with Crippen molar-refractivity contribution in [3.63, 3.8) is 0 Å². The van der Waals surface area contributed by atoms with Gasteiger partial charge in [0, 0.05) is 18.0 Å². The Morgan fingerprint density at radius 3 is 2.68 bits per heavy atom. The van der Waals surface area contributed by atoms with Crippen molar-refractivity contribution < 1.29 is 14.3 Å². The van der Waals surface area contributed by atoms with E-state index in [1.165, 1.54) is 0 Å². The molecule has 6 nitrogen and oxygen atoms in total. The predicted molar refractivity (Wildman–Crippen MR) is 84.2 cm³/mol. The number of ketones is 1. The molecule has 1 heterocycles. The van der Waals surface area contributed by atoms with Crippen LogP contribution in [0.2, 0.25) is 0 Å². The van der Waals surface area contributed by atoms with Crippen LogP contribution in [0.15, 0.2) is 29.4 Å². The van der Waals surface area contributed by atoms with Crippen molar-refractivity contribution in [3.05, 3.63) is 29.8 Å².